The number of nitrogens with one attached hydrogen (secondary N) is 3. The van der Waals surface area contributed by atoms with Crippen LogP contribution in [0.2, 0.25) is 0 Å². The summed E-state index contributed by atoms with van der Waals surface area (Å²) >= 11 is 0. The molecule has 3 unspecified atom stereocenters. The molecule has 14 heteroatoms. The second-order valence-corrected chi connectivity index (χ2v) is 13.0. The molecule has 0 bridgehead atoms. The lowest BCUT2D eigenvalue weighted by molar-refractivity contribution is -0.140. The zero-order chi connectivity index (χ0) is 36.7. The topological polar surface area (TPSA) is 157 Å². The van der Waals surface area contributed by atoms with Gasteiger partial charge in [-0.15, -0.1) is 0 Å². The van der Waals surface area contributed by atoms with Crippen molar-refractivity contribution in [2.24, 2.45) is 0 Å². The minimum atomic E-state index is -1.13. The molecule has 0 aromatic heterocycles. The van der Waals surface area contributed by atoms with Gasteiger partial charge in [-0.1, -0.05) is 42.5 Å². The van der Waals surface area contributed by atoms with Crippen LogP contribution < -0.4 is 20.7 Å². The van der Waals surface area contributed by atoms with Crippen LogP contribution in [0.15, 0.2) is 60.7 Å². The first-order valence-electron chi connectivity index (χ1n) is 16.9. The van der Waals surface area contributed by atoms with Crippen molar-refractivity contribution in [2.75, 3.05) is 46.9 Å². The fourth-order valence-corrected chi connectivity index (χ4v) is 6.57. The molecular formula is C37H43FN6O7. The van der Waals surface area contributed by atoms with Gasteiger partial charge in [0.25, 0.3) is 5.91 Å². The third-order valence-electron chi connectivity index (χ3n) is 9.25. The van der Waals surface area contributed by atoms with Crippen molar-refractivity contribution < 1.29 is 37.9 Å². The SMILES string of the molecule is CC(=O)NCCNC(=O)C1CCC(=O)N(C)CC(=O)N2CC(NC(=O)Cc3cccc4ccccc34)CC2COc2ccc(F)cc2C(=O)N1C. The Balaban J connectivity index is 1.35. The minimum absolute atomic E-state index is 0.0528. The molecular weight excluding hydrogens is 659 g/mol. The van der Waals surface area contributed by atoms with E-state index in [2.05, 4.69) is 16.0 Å². The van der Waals surface area contributed by atoms with Crippen LogP contribution in [-0.2, 0) is 30.4 Å². The first-order valence-corrected chi connectivity index (χ1v) is 16.9. The van der Waals surface area contributed by atoms with Gasteiger partial charge in [-0.25, -0.2) is 4.39 Å². The lowest BCUT2D eigenvalue weighted by atomic mass is 10.0. The van der Waals surface area contributed by atoms with E-state index in [4.69, 9.17) is 4.74 Å². The fourth-order valence-electron chi connectivity index (χ4n) is 6.57. The maximum Gasteiger partial charge on any atom is 0.258 e. The Hall–Kier alpha value is -5.53. The maximum absolute atomic E-state index is 14.5. The Morgan fingerprint density at radius 1 is 0.941 bits per heavy atom. The summed E-state index contributed by atoms with van der Waals surface area (Å²) in [5.74, 6) is -3.19. The van der Waals surface area contributed by atoms with E-state index in [1.54, 1.807) is 4.90 Å². The summed E-state index contributed by atoms with van der Waals surface area (Å²) < 4.78 is 20.6. The third-order valence-corrected chi connectivity index (χ3v) is 9.25. The molecule has 5 rings (SSSR count). The minimum Gasteiger partial charge on any atom is -0.491 e. The number of ether oxygens (including phenoxy) is 1. The summed E-state index contributed by atoms with van der Waals surface area (Å²) in [6, 6.07) is 15.0. The number of amides is 6. The van der Waals surface area contributed by atoms with Crippen molar-refractivity contribution in [3.8, 4) is 5.75 Å². The molecule has 0 radical (unpaired) electrons. The number of halogens is 1. The monoisotopic (exact) mass is 702 g/mol. The van der Waals surface area contributed by atoms with Gasteiger partial charge in [0, 0.05) is 53.1 Å². The van der Waals surface area contributed by atoms with Crippen molar-refractivity contribution in [3.63, 3.8) is 0 Å². The summed E-state index contributed by atoms with van der Waals surface area (Å²) in [4.78, 5) is 82.5. The average molecular weight is 703 g/mol. The summed E-state index contributed by atoms with van der Waals surface area (Å²) in [7, 11) is 2.87. The largest absolute Gasteiger partial charge is 0.491 e. The molecule has 0 aliphatic carbocycles. The van der Waals surface area contributed by atoms with Gasteiger partial charge >= 0.3 is 0 Å². The van der Waals surface area contributed by atoms with Crippen LogP contribution in [0.3, 0.4) is 0 Å². The van der Waals surface area contributed by atoms with Gasteiger partial charge in [-0.3, -0.25) is 28.8 Å². The van der Waals surface area contributed by atoms with Crippen LogP contribution in [0.5, 0.6) is 5.75 Å². The van der Waals surface area contributed by atoms with E-state index in [1.165, 1.54) is 32.0 Å². The third kappa shape index (κ3) is 9.18. The van der Waals surface area contributed by atoms with Crippen LogP contribution in [0.25, 0.3) is 10.8 Å². The molecule has 6 amide bonds. The average Bonchev–Trinajstić information content (AvgIpc) is 3.51. The second kappa shape index (κ2) is 16.5. The highest BCUT2D eigenvalue weighted by Gasteiger charge is 2.38. The van der Waals surface area contributed by atoms with Gasteiger partial charge < -0.3 is 35.4 Å². The smallest absolute Gasteiger partial charge is 0.258 e. The Bertz CT molecular complexity index is 1810. The van der Waals surface area contributed by atoms with Crippen molar-refractivity contribution in [1.29, 1.82) is 0 Å². The number of nitrogens with zero attached hydrogens (tertiary/aromatic N) is 3. The lowest BCUT2D eigenvalue weighted by Gasteiger charge is -2.28. The molecule has 2 heterocycles. The Morgan fingerprint density at radius 2 is 1.69 bits per heavy atom. The van der Waals surface area contributed by atoms with E-state index in [1.807, 2.05) is 42.5 Å². The number of rotatable bonds is 7. The lowest BCUT2D eigenvalue weighted by Crippen LogP contribution is -2.49. The number of carbonyl (C=O) groups is 6. The number of hydrogen-bond acceptors (Lipinski definition) is 7. The van der Waals surface area contributed by atoms with Gasteiger partial charge in [0.05, 0.1) is 24.6 Å². The van der Waals surface area contributed by atoms with Gasteiger partial charge in [-0.2, -0.15) is 0 Å². The van der Waals surface area contributed by atoms with E-state index in [0.29, 0.717) is 6.42 Å². The highest BCUT2D eigenvalue weighted by atomic mass is 19.1. The predicted molar refractivity (Wildman–Crippen MR) is 186 cm³/mol. The highest BCUT2D eigenvalue weighted by molar-refractivity contribution is 6.00. The number of fused-ring (bicyclic) bond motifs is 3. The molecule has 2 aliphatic rings. The zero-order valence-corrected chi connectivity index (χ0v) is 28.9. The van der Waals surface area contributed by atoms with Crippen LogP contribution in [0, 0.1) is 5.82 Å². The molecule has 51 heavy (non-hydrogen) atoms. The Kier molecular flexibility index (Phi) is 11.9. The van der Waals surface area contributed by atoms with Gasteiger partial charge in [0.1, 0.15) is 24.2 Å². The number of likely N-dealkylation sites (N-methyl/N-ethyl adjacent to an activating group) is 2. The molecule has 270 valence electrons. The maximum atomic E-state index is 14.5. The molecule has 3 N–H and O–H groups in total. The van der Waals surface area contributed by atoms with Crippen molar-refractivity contribution >= 4 is 46.2 Å². The number of carbonyl (C=O) groups excluding carboxylic acids is 6. The normalized spacial score (nSPS) is 20.1. The Labute approximate surface area is 295 Å². The first-order chi connectivity index (χ1) is 24.4. The zero-order valence-electron chi connectivity index (χ0n) is 28.9. The van der Waals surface area contributed by atoms with Crippen LogP contribution in [-0.4, -0.2) is 115 Å². The molecule has 0 saturated carbocycles. The van der Waals surface area contributed by atoms with E-state index < -0.39 is 41.7 Å². The van der Waals surface area contributed by atoms with E-state index in [0.717, 1.165) is 33.4 Å². The molecule has 3 aromatic carbocycles. The first kappa shape index (κ1) is 36.7. The molecule has 1 fully saturated rings. The molecule has 2 aliphatic heterocycles. The van der Waals surface area contributed by atoms with Gasteiger partial charge in [-0.05, 0) is 47.4 Å². The van der Waals surface area contributed by atoms with Crippen molar-refractivity contribution in [3.05, 3.63) is 77.6 Å². The summed E-state index contributed by atoms with van der Waals surface area (Å²) in [6.07, 6.45) is 0.227. The molecule has 0 spiro atoms. The summed E-state index contributed by atoms with van der Waals surface area (Å²) in [5, 5.41) is 10.3. The quantitative estimate of drug-likeness (QED) is 0.316. The number of hydrogen-bond donors (Lipinski definition) is 3. The Morgan fingerprint density at radius 3 is 2.47 bits per heavy atom. The van der Waals surface area contributed by atoms with E-state index >= 15 is 0 Å². The standard InChI is InChI=1S/C37H43FN6O7/c1-23(45)39-15-16-40-36(49)31-12-14-34(47)42(2)21-35(48)44-20-27(41-33(46)17-25-9-6-8-24-7-4-5-10-29(24)25)19-28(44)22-51-32-13-11-26(38)18-30(32)37(50)43(31)3/h4-11,13,18,27-28,31H,12,14-17,19-22H2,1-3H3,(H,39,45)(H,40,49)(H,41,46). The molecule has 3 atom stereocenters. The molecule has 3 aromatic rings. The second-order valence-electron chi connectivity index (χ2n) is 13.0. The van der Waals surface area contributed by atoms with Gasteiger partial charge in [0.2, 0.25) is 29.5 Å². The molecule has 13 nitrogen and oxygen atoms in total. The predicted octanol–water partition coefficient (Wildman–Crippen LogP) is 1.63. The summed E-state index contributed by atoms with van der Waals surface area (Å²) in [6.45, 7) is 1.42. The van der Waals surface area contributed by atoms with E-state index in [-0.39, 0.29) is 81.1 Å². The fraction of sp³-hybridized carbons (Fsp3) is 0.405. The highest BCUT2D eigenvalue weighted by Crippen LogP contribution is 2.27. The summed E-state index contributed by atoms with van der Waals surface area (Å²) in [5.41, 5.74) is 0.740. The molecule has 1 saturated heterocycles. The van der Waals surface area contributed by atoms with Gasteiger partial charge in [0.15, 0.2) is 0 Å². The number of benzene rings is 3. The van der Waals surface area contributed by atoms with Crippen molar-refractivity contribution in [2.45, 2.75) is 50.7 Å². The van der Waals surface area contributed by atoms with Crippen LogP contribution in [0.4, 0.5) is 4.39 Å². The van der Waals surface area contributed by atoms with Crippen molar-refractivity contribution in [1.82, 2.24) is 30.7 Å². The van der Waals surface area contributed by atoms with Crippen LogP contribution in [0.1, 0.15) is 42.1 Å². The van der Waals surface area contributed by atoms with E-state index in [9.17, 15) is 33.2 Å². The van der Waals surface area contributed by atoms with Crippen LogP contribution >= 0.6 is 0 Å².